The first-order chi connectivity index (χ1) is 8.74. The summed E-state index contributed by atoms with van der Waals surface area (Å²) >= 11 is 1.49. The van der Waals surface area contributed by atoms with Gasteiger partial charge in [0.1, 0.15) is 5.75 Å². The molecule has 0 aliphatic carbocycles. The Morgan fingerprint density at radius 2 is 2.06 bits per heavy atom. The van der Waals surface area contributed by atoms with E-state index in [-0.39, 0.29) is 5.91 Å². The highest BCUT2D eigenvalue weighted by Crippen LogP contribution is 2.24. The maximum Gasteiger partial charge on any atom is 0.239 e. The van der Waals surface area contributed by atoms with Crippen LogP contribution in [0.15, 0.2) is 29.3 Å². The van der Waals surface area contributed by atoms with E-state index in [2.05, 4.69) is 4.99 Å². The van der Waals surface area contributed by atoms with Crippen molar-refractivity contribution in [1.29, 1.82) is 0 Å². The quantitative estimate of drug-likeness (QED) is 0.839. The van der Waals surface area contributed by atoms with Crippen LogP contribution in [0.3, 0.4) is 0 Å². The first kappa shape index (κ1) is 13.0. The van der Waals surface area contributed by atoms with E-state index in [0.717, 1.165) is 16.6 Å². The molecule has 0 N–H and O–H groups in total. The minimum Gasteiger partial charge on any atom is -0.494 e. The van der Waals surface area contributed by atoms with Crippen molar-refractivity contribution in [2.75, 3.05) is 18.9 Å². The summed E-state index contributed by atoms with van der Waals surface area (Å²) in [5.41, 5.74) is 0.842. The van der Waals surface area contributed by atoms with Gasteiger partial charge >= 0.3 is 0 Å². The molecule has 1 saturated heterocycles. The number of benzene rings is 1. The molecule has 1 aromatic carbocycles. The van der Waals surface area contributed by atoms with Crippen LogP contribution >= 0.6 is 11.8 Å². The number of aliphatic imine (C=N–C) groups is 1. The van der Waals surface area contributed by atoms with E-state index < -0.39 is 0 Å². The maximum atomic E-state index is 11.5. The molecule has 96 valence electrons. The number of amides is 1. The Morgan fingerprint density at radius 1 is 1.33 bits per heavy atom. The van der Waals surface area contributed by atoms with Gasteiger partial charge in [0.15, 0.2) is 5.17 Å². The van der Waals surface area contributed by atoms with Crippen molar-refractivity contribution in [3.05, 3.63) is 24.3 Å². The minimum atomic E-state index is 0.132. The zero-order valence-corrected chi connectivity index (χ0v) is 11.4. The fourth-order valence-corrected chi connectivity index (χ4v) is 2.65. The van der Waals surface area contributed by atoms with Crippen molar-refractivity contribution < 1.29 is 9.53 Å². The van der Waals surface area contributed by atoms with Crippen LogP contribution in [0.2, 0.25) is 0 Å². The Balaban J connectivity index is 2.15. The first-order valence-corrected chi connectivity index (χ1v) is 6.98. The van der Waals surface area contributed by atoms with Crippen LogP contribution in [0.1, 0.15) is 13.8 Å². The van der Waals surface area contributed by atoms with Gasteiger partial charge in [-0.2, -0.15) is 0 Å². The SMILES string of the molecule is CCOc1ccc(N=C2SCC(=O)N2CC)cc1. The summed E-state index contributed by atoms with van der Waals surface area (Å²) in [5.74, 6) is 1.46. The van der Waals surface area contributed by atoms with Crippen molar-refractivity contribution in [3.63, 3.8) is 0 Å². The standard InChI is InChI=1S/C13H16N2O2S/c1-3-15-12(16)9-18-13(15)14-10-5-7-11(8-6-10)17-4-2/h5-8H,3-4,9H2,1-2H3. The lowest BCUT2D eigenvalue weighted by Gasteiger charge is -2.12. The zero-order chi connectivity index (χ0) is 13.0. The predicted molar refractivity (Wildman–Crippen MR) is 74.6 cm³/mol. The second-order valence-corrected chi connectivity index (χ2v) is 4.69. The zero-order valence-electron chi connectivity index (χ0n) is 10.5. The summed E-state index contributed by atoms with van der Waals surface area (Å²) < 4.78 is 5.37. The summed E-state index contributed by atoms with van der Waals surface area (Å²) in [6, 6.07) is 7.58. The molecule has 0 aromatic heterocycles. The number of hydrogen-bond acceptors (Lipinski definition) is 4. The molecule has 0 bridgehead atoms. The number of carbonyl (C=O) groups is 1. The van der Waals surface area contributed by atoms with Gasteiger partial charge in [0.05, 0.1) is 18.0 Å². The van der Waals surface area contributed by atoms with Gasteiger partial charge in [-0.1, -0.05) is 11.8 Å². The van der Waals surface area contributed by atoms with Crippen LogP contribution in [0.4, 0.5) is 5.69 Å². The van der Waals surface area contributed by atoms with Gasteiger partial charge in [-0.15, -0.1) is 0 Å². The second-order valence-electron chi connectivity index (χ2n) is 3.75. The van der Waals surface area contributed by atoms with E-state index in [4.69, 9.17) is 4.74 Å². The van der Waals surface area contributed by atoms with Crippen LogP contribution in [0, 0.1) is 0 Å². The third-order valence-corrected chi connectivity index (χ3v) is 3.51. The minimum absolute atomic E-state index is 0.132. The summed E-state index contributed by atoms with van der Waals surface area (Å²) in [6.07, 6.45) is 0. The van der Waals surface area contributed by atoms with Gasteiger partial charge in [-0.3, -0.25) is 9.69 Å². The number of rotatable bonds is 4. The van der Waals surface area contributed by atoms with Crippen LogP contribution < -0.4 is 4.74 Å². The molecule has 2 rings (SSSR count). The molecule has 0 spiro atoms. The van der Waals surface area contributed by atoms with E-state index in [0.29, 0.717) is 18.9 Å². The summed E-state index contributed by atoms with van der Waals surface area (Å²) in [4.78, 5) is 17.8. The Labute approximate surface area is 111 Å². The molecule has 18 heavy (non-hydrogen) atoms. The van der Waals surface area contributed by atoms with Crippen molar-refractivity contribution in [1.82, 2.24) is 4.90 Å². The monoisotopic (exact) mass is 264 g/mol. The van der Waals surface area contributed by atoms with E-state index in [1.165, 1.54) is 11.8 Å². The number of ether oxygens (including phenoxy) is 1. The fraction of sp³-hybridized carbons (Fsp3) is 0.385. The molecule has 5 heteroatoms. The van der Waals surface area contributed by atoms with Gasteiger partial charge in [-0.05, 0) is 38.1 Å². The average Bonchev–Trinajstić information content (AvgIpc) is 2.72. The summed E-state index contributed by atoms with van der Waals surface area (Å²) in [6.45, 7) is 5.23. The summed E-state index contributed by atoms with van der Waals surface area (Å²) in [7, 11) is 0. The Bertz CT molecular complexity index is 457. The Morgan fingerprint density at radius 3 is 2.67 bits per heavy atom. The highest BCUT2D eigenvalue weighted by Gasteiger charge is 2.26. The van der Waals surface area contributed by atoms with Crippen molar-refractivity contribution >= 4 is 28.5 Å². The lowest BCUT2D eigenvalue weighted by atomic mass is 10.3. The normalized spacial score (nSPS) is 17.6. The molecule has 1 aromatic rings. The lowest BCUT2D eigenvalue weighted by Crippen LogP contribution is -2.28. The summed E-state index contributed by atoms with van der Waals surface area (Å²) in [5, 5.41) is 0.784. The molecule has 0 unspecified atom stereocenters. The van der Waals surface area contributed by atoms with Crippen molar-refractivity contribution in [3.8, 4) is 5.75 Å². The van der Waals surface area contributed by atoms with Crippen molar-refractivity contribution in [2.24, 2.45) is 4.99 Å². The third-order valence-electron chi connectivity index (χ3n) is 2.55. The van der Waals surface area contributed by atoms with E-state index >= 15 is 0 Å². The maximum absolute atomic E-state index is 11.5. The molecular weight excluding hydrogens is 248 g/mol. The second kappa shape index (κ2) is 5.91. The highest BCUT2D eigenvalue weighted by atomic mass is 32.2. The van der Waals surface area contributed by atoms with E-state index in [1.807, 2.05) is 38.1 Å². The van der Waals surface area contributed by atoms with Gasteiger partial charge in [0.25, 0.3) is 0 Å². The lowest BCUT2D eigenvalue weighted by molar-refractivity contribution is -0.123. The number of amidine groups is 1. The molecule has 1 heterocycles. The Kier molecular flexibility index (Phi) is 4.25. The largest absolute Gasteiger partial charge is 0.494 e. The average molecular weight is 264 g/mol. The molecule has 4 nitrogen and oxygen atoms in total. The van der Waals surface area contributed by atoms with E-state index in [1.54, 1.807) is 4.90 Å². The molecule has 0 atom stereocenters. The highest BCUT2D eigenvalue weighted by molar-refractivity contribution is 8.15. The van der Waals surface area contributed by atoms with Gasteiger partial charge in [0, 0.05) is 6.54 Å². The molecule has 0 radical (unpaired) electrons. The first-order valence-electron chi connectivity index (χ1n) is 5.99. The van der Waals surface area contributed by atoms with Crippen LogP contribution in [-0.4, -0.2) is 34.9 Å². The predicted octanol–water partition coefficient (Wildman–Crippen LogP) is 2.67. The van der Waals surface area contributed by atoms with Gasteiger partial charge in [-0.25, -0.2) is 4.99 Å². The topological polar surface area (TPSA) is 41.9 Å². The molecule has 0 saturated carbocycles. The van der Waals surface area contributed by atoms with Crippen molar-refractivity contribution in [2.45, 2.75) is 13.8 Å². The number of nitrogens with zero attached hydrogens (tertiary/aromatic N) is 2. The molecule has 1 aliphatic heterocycles. The van der Waals surface area contributed by atoms with E-state index in [9.17, 15) is 4.79 Å². The molecule has 1 aliphatic rings. The number of hydrogen-bond donors (Lipinski definition) is 0. The number of carbonyl (C=O) groups excluding carboxylic acids is 1. The third kappa shape index (κ3) is 2.85. The molecule has 1 fully saturated rings. The number of thioether (sulfide) groups is 1. The smallest absolute Gasteiger partial charge is 0.239 e. The fourth-order valence-electron chi connectivity index (χ4n) is 1.69. The van der Waals surface area contributed by atoms with Gasteiger partial charge < -0.3 is 4.74 Å². The van der Waals surface area contributed by atoms with Crippen LogP contribution in [0.5, 0.6) is 5.75 Å². The molecular formula is C13H16N2O2S. The Hall–Kier alpha value is -1.49. The van der Waals surface area contributed by atoms with Crippen LogP contribution in [-0.2, 0) is 4.79 Å². The molecule has 1 amide bonds. The van der Waals surface area contributed by atoms with Crippen LogP contribution in [0.25, 0.3) is 0 Å². The van der Waals surface area contributed by atoms with Gasteiger partial charge in [0.2, 0.25) is 5.91 Å².